The van der Waals surface area contributed by atoms with Crippen LogP contribution < -0.4 is 5.73 Å². The van der Waals surface area contributed by atoms with Crippen molar-refractivity contribution in [1.82, 2.24) is 14.3 Å². The highest BCUT2D eigenvalue weighted by atomic mass is 32.2. The maximum atomic E-state index is 13.3. The molecule has 2 rings (SSSR count). The highest BCUT2D eigenvalue weighted by molar-refractivity contribution is 7.89. The molecule has 0 aliphatic carbocycles. The molecule has 1 aliphatic heterocycles. The summed E-state index contributed by atoms with van der Waals surface area (Å²) < 4.78 is 51.1. The number of nitrogens with two attached hydrogens (primary N) is 1. The maximum Gasteiger partial charge on any atom is 0.322 e. The number of aliphatic carboxylic acids is 1. The molecule has 2 heterocycles. The summed E-state index contributed by atoms with van der Waals surface area (Å²) in [6, 6.07) is -1.83. The minimum Gasteiger partial charge on any atom is -0.480 e. The minimum absolute atomic E-state index is 0.189. The van der Waals surface area contributed by atoms with Crippen LogP contribution in [0.25, 0.3) is 0 Å². The van der Waals surface area contributed by atoms with Gasteiger partial charge < -0.3 is 10.8 Å². The second-order valence-corrected chi connectivity index (χ2v) is 6.13. The topological polar surface area (TPSA) is 126 Å². The Hall–Kier alpha value is -1.88. The fourth-order valence-electron chi connectivity index (χ4n) is 1.85. The van der Waals surface area contributed by atoms with E-state index in [9.17, 15) is 22.0 Å². The van der Waals surface area contributed by atoms with Gasteiger partial charge in [-0.05, 0) is 0 Å². The largest absolute Gasteiger partial charge is 0.480 e. The number of hydrogen-bond acceptors (Lipinski definition) is 6. The standard InChI is InChI=1S/C9H10F2N4O4S/c10-9(11)1-6(7(16)17)15(4-9)20(18,19)5-2-13-8(12)14-3-5/h2-3,6H,1,4H2,(H,16,17)(H2,12,13,14)/t6-/m0/s1. The number of rotatable bonds is 3. The Kier molecular flexibility index (Phi) is 3.34. The Morgan fingerprint density at radius 3 is 2.50 bits per heavy atom. The van der Waals surface area contributed by atoms with E-state index in [1.165, 1.54) is 0 Å². The fraction of sp³-hybridized carbons (Fsp3) is 0.444. The van der Waals surface area contributed by atoms with E-state index in [2.05, 4.69) is 9.97 Å². The van der Waals surface area contributed by atoms with Crippen LogP contribution >= 0.6 is 0 Å². The lowest BCUT2D eigenvalue weighted by atomic mass is 10.2. The quantitative estimate of drug-likeness (QED) is 0.773. The number of nitrogen functional groups attached to an aromatic ring is 1. The molecule has 20 heavy (non-hydrogen) atoms. The molecule has 1 atom stereocenters. The fourth-order valence-corrected chi connectivity index (χ4v) is 3.35. The lowest BCUT2D eigenvalue weighted by molar-refractivity contribution is -0.141. The van der Waals surface area contributed by atoms with Crippen molar-refractivity contribution in [3.05, 3.63) is 12.4 Å². The molecule has 0 radical (unpaired) electrons. The lowest BCUT2D eigenvalue weighted by Gasteiger charge is -2.19. The highest BCUT2D eigenvalue weighted by Crippen LogP contribution is 2.35. The van der Waals surface area contributed by atoms with E-state index in [0.29, 0.717) is 0 Å². The van der Waals surface area contributed by atoms with Gasteiger partial charge in [0.05, 0.1) is 18.9 Å². The molecule has 1 aliphatic rings. The number of sulfonamides is 1. The molecule has 0 amide bonds. The molecule has 1 aromatic heterocycles. The lowest BCUT2D eigenvalue weighted by Crippen LogP contribution is -2.40. The van der Waals surface area contributed by atoms with Crippen LogP contribution in [0.5, 0.6) is 0 Å². The van der Waals surface area contributed by atoms with Crippen molar-refractivity contribution in [2.24, 2.45) is 0 Å². The Labute approximate surface area is 112 Å². The SMILES string of the molecule is Nc1ncc(S(=O)(=O)N2CC(F)(F)C[C@H]2C(=O)O)cn1. The molecule has 11 heteroatoms. The summed E-state index contributed by atoms with van der Waals surface area (Å²) in [5.74, 6) is -5.22. The van der Waals surface area contributed by atoms with Gasteiger partial charge in [0.1, 0.15) is 10.9 Å². The van der Waals surface area contributed by atoms with Gasteiger partial charge in [0.2, 0.25) is 16.0 Å². The molecule has 0 unspecified atom stereocenters. The van der Waals surface area contributed by atoms with Crippen LogP contribution in [0.3, 0.4) is 0 Å². The van der Waals surface area contributed by atoms with Crippen LogP contribution in [0.15, 0.2) is 17.3 Å². The first-order chi connectivity index (χ1) is 9.13. The maximum absolute atomic E-state index is 13.3. The third-order valence-electron chi connectivity index (χ3n) is 2.77. The van der Waals surface area contributed by atoms with Crippen LogP contribution in [0, 0.1) is 0 Å². The summed E-state index contributed by atoms with van der Waals surface area (Å²) >= 11 is 0. The predicted octanol–water partition coefficient (Wildman–Crippen LogP) is -0.458. The third-order valence-corrected chi connectivity index (χ3v) is 4.57. The van der Waals surface area contributed by atoms with Gasteiger partial charge in [0.15, 0.2) is 0 Å². The Balaban J connectivity index is 2.42. The third kappa shape index (κ3) is 2.54. The molecule has 1 fully saturated rings. The average Bonchev–Trinajstić information content (AvgIpc) is 2.67. The number of carbonyl (C=O) groups is 1. The van der Waals surface area contributed by atoms with Gasteiger partial charge in [-0.3, -0.25) is 4.79 Å². The zero-order chi connectivity index (χ0) is 15.1. The summed E-state index contributed by atoms with van der Waals surface area (Å²) in [6.45, 7) is -1.20. The summed E-state index contributed by atoms with van der Waals surface area (Å²) in [7, 11) is -4.43. The zero-order valence-electron chi connectivity index (χ0n) is 9.90. The van der Waals surface area contributed by atoms with Crippen LogP contribution in [0.1, 0.15) is 6.42 Å². The van der Waals surface area contributed by atoms with Crippen molar-refractivity contribution < 1.29 is 27.1 Å². The van der Waals surface area contributed by atoms with Gasteiger partial charge in [0, 0.05) is 6.42 Å². The first kappa shape index (κ1) is 14.5. The van der Waals surface area contributed by atoms with Crippen molar-refractivity contribution in [2.45, 2.75) is 23.3 Å². The molecule has 110 valence electrons. The molecular weight excluding hydrogens is 298 g/mol. The van der Waals surface area contributed by atoms with Gasteiger partial charge in [0.25, 0.3) is 5.92 Å². The van der Waals surface area contributed by atoms with E-state index in [1.807, 2.05) is 0 Å². The first-order valence-corrected chi connectivity index (χ1v) is 6.77. The number of halogens is 2. The second-order valence-electron chi connectivity index (χ2n) is 4.24. The average molecular weight is 308 g/mol. The molecule has 0 spiro atoms. The second kappa shape index (κ2) is 4.59. The molecule has 0 bridgehead atoms. The van der Waals surface area contributed by atoms with E-state index >= 15 is 0 Å². The van der Waals surface area contributed by atoms with Crippen LogP contribution in [-0.2, 0) is 14.8 Å². The van der Waals surface area contributed by atoms with Crippen molar-refractivity contribution in [3.8, 4) is 0 Å². The number of nitrogens with zero attached hydrogens (tertiary/aromatic N) is 3. The molecule has 8 nitrogen and oxygen atoms in total. The van der Waals surface area contributed by atoms with Gasteiger partial charge in [-0.2, -0.15) is 4.31 Å². The van der Waals surface area contributed by atoms with Gasteiger partial charge in [-0.25, -0.2) is 27.2 Å². The molecule has 1 saturated heterocycles. The summed E-state index contributed by atoms with van der Waals surface area (Å²) in [5, 5.41) is 8.88. The number of aromatic nitrogens is 2. The summed E-state index contributed by atoms with van der Waals surface area (Å²) in [5.41, 5.74) is 5.20. The smallest absolute Gasteiger partial charge is 0.322 e. The van der Waals surface area contributed by atoms with Crippen LogP contribution in [-0.4, -0.2) is 52.3 Å². The molecule has 1 aromatic rings. The van der Waals surface area contributed by atoms with Crippen molar-refractivity contribution in [3.63, 3.8) is 0 Å². The number of anilines is 1. The molecular formula is C9H10F2N4O4S. The molecule has 0 saturated carbocycles. The van der Waals surface area contributed by atoms with Crippen molar-refractivity contribution in [2.75, 3.05) is 12.3 Å². The van der Waals surface area contributed by atoms with E-state index < -0.39 is 45.8 Å². The zero-order valence-corrected chi connectivity index (χ0v) is 10.7. The van der Waals surface area contributed by atoms with Crippen LogP contribution in [0.2, 0.25) is 0 Å². The van der Waals surface area contributed by atoms with E-state index in [0.717, 1.165) is 12.4 Å². The highest BCUT2D eigenvalue weighted by Gasteiger charge is 2.53. The number of carboxylic acids is 1. The van der Waals surface area contributed by atoms with Gasteiger partial charge in [-0.15, -0.1) is 0 Å². The molecule has 0 aromatic carbocycles. The Bertz CT molecular complexity index is 634. The monoisotopic (exact) mass is 308 g/mol. The van der Waals surface area contributed by atoms with E-state index in [-0.39, 0.29) is 10.3 Å². The molecule has 3 N–H and O–H groups in total. The van der Waals surface area contributed by atoms with Crippen LogP contribution in [0.4, 0.5) is 14.7 Å². The van der Waals surface area contributed by atoms with Crippen molar-refractivity contribution >= 4 is 21.9 Å². The Morgan fingerprint density at radius 1 is 1.45 bits per heavy atom. The minimum atomic E-state index is -4.43. The first-order valence-electron chi connectivity index (χ1n) is 5.33. The number of alkyl halides is 2. The van der Waals surface area contributed by atoms with E-state index in [1.54, 1.807) is 0 Å². The number of carboxylic acid groups (broad SMARTS) is 1. The van der Waals surface area contributed by atoms with Gasteiger partial charge in [-0.1, -0.05) is 0 Å². The predicted molar refractivity (Wildman–Crippen MR) is 61.3 cm³/mol. The Morgan fingerprint density at radius 2 is 2.00 bits per heavy atom. The van der Waals surface area contributed by atoms with Gasteiger partial charge >= 0.3 is 5.97 Å². The summed E-state index contributed by atoms with van der Waals surface area (Å²) in [4.78, 5) is 17.3. The van der Waals surface area contributed by atoms with Crippen molar-refractivity contribution in [1.29, 1.82) is 0 Å². The van der Waals surface area contributed by atoms with E-state index in [4.69, 9.17) is 10.8 Å². The number of hydrogen-bond donors (Lipinski definition) is 2. The normalized spacial score (nSPS) is 22.8. The summed E-state index contributed by atoms with van der Waals surface area (Å²) in [6.07, 6.45) is 0.609.